The molecule has 10 nitrogen and oxygen atoms in total. The van der Waals surface area contributed by atoms with Crippen molar-refractivity contribution in [3.8, 4) is 0 Å². The average Bonchev–Trinajstić information content (AvgIpc) is 2.81. The maximum Gasteiger partial charge on any atom is 0.305 e. The van der Waals surface area contributed by atoms with Crippen molar-refractivity contribution >= 4 is 39.1 Å². The van der Waals surface area contributed by atoms with E-state index < -0.39 is 14.9 Å². The third-order valence-electron chi connectivity index (χ3n) is 5.13. The number of hydrogen-bond donors (Lipinski definition) is 2. The minimum absolute atomic E-state index is 0.147. The van der Waals surface area contributed by atoms with Crippen LogP contribution in [0, 0.1) is 10.1 Å². The van der Waals surface area contributed by atoms with Crippen LogP contribution in [0.5, 0.6) is 0 Å². The van der Waals surface area contributed by atoms with Crippen molar-refractivity contribution in [3.05, 3.63) is 58.6 Å². The summed E-state index contributed by atoms with van der Waals surface area (Å²) in [6, 6.07) is 13.3. The van der Waals surface area contributed by atoms with Gasteiger partial charge in [-0.15, -0.1) is 11.8 Å². The van der Waals surface area contributed by atoms with E-state index in [1.807, 2.05) is 37.4 Å². The van der Waals surface area contributed by atoms with E-state index in [-0.39, 0.29) is 28.3 Å². The maximum absolute atomic E-state index is 11.6. The molecule has 0 heterocycles. The molecule has 0 amide bonds. The van der Waals surface area contributed by atoms with E-state index in [2.05, 4.69) is 10.2 Å². The number of nitro benzene ring substituents is 1. The first-order valence-corrected chi connectivity index (χ1v) is 13.7. The molecule has 2 aromatic rings. The maximum atomic E-state index is 11.6. The van der Waals surface area contributed by atoms with Crippen molar-refractivity contribution in [1.82, 2.24) is 4.90 Å². The number of nitrogens with one attached hydrogen (secondary N) is 1. The Morgan fingerprint density at radius 1 is 1.23 bits per heavy atom. The zero-order chi connectivity index (χ0) is 25.8. The lowest BCUT2D eigenvalue weighted by Gasteiger charge is -2.23. The fraction of sp³-hybridized carbons (Fsp3) is 0.435. The van der Waals surface area contributed by atoms with Gasteiger partial charge in [0, 0.05) is 29.2 Å². The van der Waals surface area contributed by atoms with Gasteiger partial charge in [-0.2, -0.15) is 0 Å². The highest BCUT2D eigenvalue weighted by atomic mass is 32.2. The van der Waals surface area contributed by atoms with E-state index in [0.29, 0.717) is 44.7 Å². The second-order valence-corrected chi connectivity index (χ2v) is 10.6. The number of esters is 1. The number of benzene rings is 2. The first-order valence-electron chi connectivity index (χ1n) is 11.2. The van der Waals surface area contributed by atoms with Crippen LogP contribution in [0.2, 0.25) is 0 Å². The van der Waals surface area contributed by atoms with E-state index >= 15 is 0 Å². The molecule has 0 unspecified atom stereocenters. The molecule has 12 heteroatoms. The Kier molecular flexibility index (Phi) is 11.4. The number of thioether (sulfide) groups is 1. The van der Waals surface area contributed by atoms with Crippen LogP contribution in [0.1, 0.15) is 26.2 Å². The average molecular weight is 525 g/mol. The third kappa shape index (κ3) is 10.2. The Labute approximate surface area is 210 Å². The first kappa shape index (κ1) is 28.6. The van der Waals surface area contributed by atoms with Gasteiger partial charge in [-0.25, -0.2) is 13.6 Å². The van der Waals surface area contributed by atoms with Crippen molar-refractivity contribution in [2.75, 3.05) is 37.8 Å². The minimum atomic E-state index is -4.07. The van der Waals surface area contributed by atoms with Crippen LogP contribution >= 0.6 is 11.8 Å². The molecule has 0 saturated carbocycles. The van der Waals surface area contributed by atoms with Gasteiger partial charge in [-0.05, 0) is 64.2 Å². The SMILES string of the molecule is CCOC(=O)CCCN(C)CC[C@H](CSc1ccccc1)Nc1ccc(S(N)(=O)=O)cc1[N+](=O)[O-]. The predicted octanol–water partition coefficient (Wildman–Crippen LogP) is 3.48. The van der Waals surface area contributed by atoms with Crippen molar-refractivity contribution < 1.29 is 22.9 Å². The van der Waals surface area contributed by atoms with Gasteiger partial charge in [0.15, 0.2) is 0 Å². The molecule has 1 atom stereocenters. The summed E-state index contributed by atoms with van der Waals surface area (Å²) < 4.78 is 28.2. The molecule has 2 rings (SSSR count). The highest BCUT2D eigenvalue weighted by molar-refractivity contribution is 7.99. The highest BCUT2D eigenvalue weighted by Gasteiger charge is 2.21. The number of nitrogens with zero attached hydrogens (tertiary/aromatic N) is 2. The molecule has 192 valence electrons. The van der Waals surface area contributed by atoms with Gasteiger partial charge in [0.2, 0.25) is 10.0 Å². The van der Waals surface area contributed by atoms with E-state index in [1.54, 1.807) is 18.7 Å². The summed E-state index contributed by atoms with van der Waals surface area (Å²) in [5.74, 6) is 0.421. The summed E-state index contributed by atoms with van der Waals surface area (Å²) in [6.07, 6.45) is 1.70. The Hall–Kier alpha value is -2.67. The number of anilines is 1. The van der Waals surface area contributed by atoms with Crippen molar-refractivity contribution in [3.63, 3.8) is 0 Å². The van der Waals surface area contributed by atoms with Crippen LogP contribution in [0.4, 0.5) is 11.4 Å². The Morgan fingerprint density at radius 3 is 2.57 bits per heavy atom. The predicted molar refractivity (Wildman–Crippen MR) is 137 cm³/mol. The first-order chi connectivity index (χ1) is 16.6. The summed E-state index contributed by atoms with van der Waals surface area (Å²) in [4.78, 5) is 25.4. The molecule has 3 N–H and O–H groups in total. The van der Waals surface area contributed by atoms with Gasteiger partial charge in [-0.1, -0.05) is 18.2 Å². The van der Waals surface area contributed by atoms with Crippen LogP contribution in [-0.4, -0.2) is 62.7 Å². The van der Waals surface area contributed by atoms with Gasteiger partial charge in [-0.3, -0.25) is 14.9 Å². The van der Waals surface area contributed by atoms with E-state index in [4.69, 9.17) is 9.88 Å². The summed E-state index contributed by atoms with van der Waals surface area (Å²) in [7, 11) is -2.11. The quantitative estimate of drug-likeness (QED) is 0.155. The zero-order valence-corrected chi connectivity index (χ0v) is 21.5. The molecule has 0 aliphatic heterocycles. The van der Waals surface area contributed by atoms with Crippen LogP contribution < -0.4 is 10.5 Å². The standard InChI is InChI=1S/C23H32N4O6S2/c1-3-33-23(28)10-7-14-26(2)15-13-18(17-34-19-8-5-4-6-9-19)25-21-12-11-20(35(24,31)32)16-22(21)27(29)30/h4-6,8-9,11-12,16,18,25H,3,7,10,13-15,17H2,1-2H3,(H2,24,31,32)/t18-/m1/s1. The molecule has 0 spiro atoms. The number of carbonyl (C=O) groups excluding carboxylic acids is 1. The number of sulfonamides is 1. The number of primary sulfonamides is 1. The summed E-state index contributed by atoms with van der Waals surface area (Å²) in [5, 5.41) is 20.0. The number of hydrogen-bond acceptors (Lipinski definition) is 9. The van der Waals surface area contributed by atoms with Gasteiger partial charge < -0.3 is 15.0 Å². The molecule has 0 saturated heterocycles. The molecule has 0 bridgehead atoms. The lowest BCUT2D eigenvalue weighted by molar-refractivity contribution is -0.384. The lowest BCUT2D eigenvalue weighted by Crippen LogP contribution is -2.30. The van der Waals surface area contributed by atoms with Crippen LogP contribution in [0.25, 0.3) is 0 Å². The summed E-state index contributed by atoms with van der Waals surface area (Å²) >= 11 is 1.62. The van der Waals surface area contributed by atoms with Crippen LogP contribution in [-0.2, 0) is 19.6 Å². The van der Waals surface area contributed by atoms with Gasteiger partial charge in [0.1, 0.15) is 5.69 Å². The van der Waals surface area contributed by atoms with Gasteiger partial charge in [0.25, 0.3) is 5.69 Å². The second-order valence-electron chi connectivity index (χ2n) is 7.95. The monoisotopic (exact) mass is 524 g/mol. The normalized spacial score (nSPS) is 12.3. The molecule has 0 fully saturated rings. The van der Waals surface area contributed by atoms with Crippen LogP contribution in [0.15, 0.2) is 58.3 Å². The lowest BCUT2D eigenvalue weighted by atomic mass is 10.2. The summed E-state index contributed by atoms with van der Waals surface area (Å²) in [6.45, 7) is 3.54. The van der Waals surface area contributed by atoms with Crippen molar-refractivity contribution in [1.29, 1.82) is 0 Å². The second kappa shape index (κ2) is 14.0. The van der Waals surface area contributed by atoms with Crippen LogP contribution in [0.3, 0.4) is 0 Å². The number of nitrogens with two attached hydrogens (primary N) is 1. The molecule has 0 aromatic heterocycles. The fourth-order valence-corrected chi connectivity index (χ4v) is 4.83. The Morgan fingerprint density at radius 2 is 1.94 bits per heavy atom. The number of rotatable bonds is 15. The van der Waals surface area contributed by atoms with Gasteiger partial charge in [0.05, 0.1) is 16.4 Å². The molecule has 0 radical (unpaired) electrons. The topological polar surface area (TPSA) is 145 Å². The van der Waals surface area contributed by atoms with E-state index in [1.165, 1.54) is 12.1 Å². The Bertz CT molecular complexity index is 1080. The van der Waals surface area contributed by atoms with E-state index in [0.717, 1.165) is 11.0 Å². The van der Waals surface area contributed by atoms with Crippen molar-refractivity contribution in [2.24, 2.45) is 5.14 Å². The molecule has 0 aliphatic rings. The Balaban J connectivity index is 2.09. The molecular formula is C23H32N4O6S2. The number of carbonyl (C=O) groups is 1. The zero-order valence-electron chi connectivity index (χ0n) is 19.9. The van der Waals surface area contributed by atoms with Crippen molar-refractivity contribution in [2.45, 2.75) is 42.0 Å². The van der Waals surface area contributed by atoms with E-state index in [9.17, 15) is 23.3 Å². The fourth-order valence-electron chi connectivity index (χ4n) is 3.31. The highest BCUT2D eigenvalue weighted by Crippen LogP contribution is 2.29. The third-order valence-corrected chi connectivity index (χ3v) is 7.22. The molecule has 2 aromatic carbocycles. The number of nitro groups is 1. The minimum Gasteiger partial charge on any atom is -0.466 e. The smallest absolute Gasteiger partial charge is 0.305 e. The summed E-state index contributed by atoms with van der Waals surface area (Å²) in [5.41, 5.74) is -0.125. The number of ether oxygens (including phenoxy) is 1. The molecule has 0 aliphatic carbocycles. The molecule has 35 heavy (non-hydrogen) atoms. The largest absolute Gasteiger partial charge is 0.466 e. The van der Waals surface area contributed by atoms with Gasteiger partial charge >= 0.3 is 5.97 Å². The molecular weight excluding hydrogens is 492 g/mol.